The van der Waals surface area contributed by atoms with Crippen molar-refractivity contribution in [1.82, 2.24) is 9.62 Å². The molecule has 1 aromatic rings. The van der Waals surface area contributed by atoms with Crippen LogP contribution < -0.4 is 5.32 Å². The summed E-state index contributed by atoms with van der Waals surface area (Å²) in [5.74, 6) is -0.171. The van der Waals surface area contributed by atoms with Gasteiger partial charge in [-0.25, -0.2) is 8.42 Å². The van der Waals surface area contributed by atoms with Crippen molar-refractivity contribution in [2.75, 3.05) is 19.7 Å². The van der Waals surface area contributed by atoms with Crippen molar-refractivity contribution >= 4 is 15.9 Å². The van der Waals surface area contributed by atoms with Gasteiger partial charge in [0.15, 0.2) is 0 Å². The third-order valence-corrected chi connectivity index (χ3v) is 7.06. The fraction of sp³-hybridized carbons (Fsp3) is 0.632. The van der Waals surface area contributed by atoms with E-state index in [4.69, 9.17) is 4.74 Å². The summed E-state index contributed by atoms with van der Waals surface area (Å²) in [5, 5.41) is 2.98. The van der Waals surface area contributed by atoms with Crippen molar-refractivity contribution in [1.29, 1.82) is 0 Å². The number of carbonyl (C=O) groups excluding carboxylic acids is 1. The normalized spacial score (nSPS) is 22.4. The summed E-state index contributed by atoms with van der Waals surface area (Å²) < 4.78 is 32.2. The Balaban J connectivity index is 1.54. The number of nitrogens with one attached hydrogen (secondary N) is 1. The van der Waals surface area contributed by atoms with E-state index in [0.29, 0.717) is 24.8 Å². The fourth-order valence-corrected chi connectivity index (χ4v) is 5.06. The molecule has 2 aliphatic rings. The number of sulfonamides is 1. The molecule has 0 bridgehead atoms. The first-order valence-electron chi connectivity index (χ1n) is 9.49. The molecule has 2 saturated heterocycles. The van der Waals surface area contributed by atoms with E-state index in [1.807, 2.05) is 6.92 Å². The second kappa shape index (κ2) is 8.50. The van der Waals surface area contributed by atoms with Gasteiger partial charge in [-0.3, -0.25) is 4.79 Å². The first-order chi connectivity index (χ1) is 12.5. The van der Waals surface area contributed by atoms with Crippen LogP contribution in [0.15, 0.2) is 29.2 Å². The van der Waals surface area contributed by atoms with Crippen molar-refractivity contribution in [3.63, 3.8) is 0 Å². The minimum atomic E-state index is -3.43. The molecular formula is C19H28N2O4S. The van der Waals surface area contributed by atoms with Crippen LogP contribution in [-0.4, -0.2) is 50.5 Å². The summed E-state index contributed by atoms with van der Waals surface area (Å²) >= 11 is 0. The van der Waals surface area contributed by atoms with E-state index in [1.165, 1.54) is 16.4 Å². The Hall–Kier alpha value is -1.44. The predicted molar refractivity (Wildman–Crippen MR) is 99.6 cm³/mol. The summed E-state index contributed by atoms with van der Waals surface area (Å²) in [7, 11) is -3.43. The summed E-state index contributed by atoms with van der Waals surface area (Å²) in [6.07, 6.45) is 6.19. The molecule has 0 aliphatic carbocycles. The van der Waals surface area contributed by atoms with Gasteiger partial charge < -0.3 is 10.1 Å². The average Bonchev–Trinajstić information content (AvgIpc) is 3.34. The van der Waals surface area contributed by atoms with Crippen LogP contribution in [-0.2, 0) is 14.8 Å². The van der Waals surface area contributed by atoms with E-state index in [0.717, 1.165) is 45.1 Å². The van der Waals surface area contributed by atoms with Crippen LogP contribution in [0.4, 0.5) is 0 Å². The number of ether oxygens (including phenoxy) is 1. The van der Waals surface area contributed by atoms with E-state index < -0.39 is 10.0 Å². The molecule has 2 heterocycles. The Kier molecular flexibility index (Phi) is 6.32. The van der Waals surface area contributed by atoms with Crippen molar-refractivity contribution in [2.45, 2.75) is 62.5 Å². The van der Waals surface area contributed by atoms with E-state index in [-0.39, 0.29) is 16.8 Å². The van der Waals surface area contributed by atoms with Crippen LogP contribution in [0.5, 0.6) is 0 Å². The monoisotopic (exact) mass is 380 g/mol. The molecule has 3 rings (SSSR count). The van der Waals surface area contributed by atoms with E-state index in [9.17, 15) is 13.2 Å². The number of hydrogen-bond donors (Lipinski definition) is 1. The highest BCUT2D eigenvalue weighted by atomic mass is 32.2. The minimum Gasteiger partial charge on any atom is -0.378 e. The lowest BCUT2D eigenvalue weighted by Gasteiger charge is -2.17. The topological polar surface area (TPSA) is 75.7 Å². The molecule has 2 unspecified atom stereocenters. The van der Waals surface area contributed by atoms with Crippen molar-refractivity contribution in [2.24, 2.45) is 0 Å². The maximum Gasteiger partial charge on any atom is 0.251 e. The zero-order valence-corrected chi connectivity index (χ0v) is 16.1. The van der Waals surface area contributed by atoms with Gasteiger partial charge in [0, 0.05) is 31.3 Å². The quantitative estimate of drug-likeness (QED) is 0.789. The summed E-state index contributed by atoms with van der Waals surface area (Å²) in [6.45, 7) is 3.98. The molecule has 1 N–H and O–H groups in total. The van der Waals surface area contributed by atoms with Crippen molar-refractivity contribution < 1.29 is 17.9 Å². The smallest absolute Gasteiger partial charge is 0.251 e. The Labute approximate surface area is 156 Å². The van der Waals surface area contributed by atoms with Gasteiger partial charge in [0.05, 0.1) is 11.0 Å². The SMILES string of the molecule is CC(CCC1CCCO1)NC(=O)c1ccc(S(=O)(=O)N2CCCC2)cc1. The van der Waals surface area contributed by atoms with Crippen LogP contribution in [0.2, 0.25) is 0 Å². The highest BCUT2D eigenvalue weighted by Gasteiger charge is 2.27. The van der Waals surface area contributed by atoms with E-state index in [1.54, 1.807) is 12.1 Å². The minimum absolute atomic E-state index is 0.0553. The maximum atomic E-state index is 12.5. The Morgan fingerprint density at radius 3 is 2.54 bits per heavy atom. The van der Waals surface area contributed by atoms with Crippen LogP contribution in [0.25, 0.3) is 0 Å². The Bertz CT molecular complexity index is 706. The van der Waals surface area contributed by atoms with Gasteiger partial charge in [-0.2, -0.15) is 4.31 Å². The number of hydrogen-bond acceptors (Lipinski definition) is 4. The molecule has 1 aromatic carbocycles. The van der Waals surface area contributed by atoms with E-state index >= 15 is 0 Å². The molecule has 7 heteroatoms. The van der Waals surface area contributed by atoms with Gasteiger partial charge in [0.2, 0.25) is 10.0 Å². The lowest BCUT2D eigenvalue weighted by Crippen LogP contribution is -2.33. The number of nitrogens with zero attached hydrogens (tertiary/aromatic N) is 1. The molecular weight excluding hydrogens is 352 g/mol. The molecule has 1 amide bonds. The lowest BCUT2D eigenvalue weighted by atomic mass is 10.1. The van der Waals surface area contributed by atoms with Gasteiger partial charge in [-0.1, -0.05) is 0 Å². The maximum absolute atomic E-state index is 12.5. The molecule has 144 valence electrons. The van der Waals surface area contributed by atoms with Crippen molar-refractivity contribution in [3.05, 3.63) is 29.8 Å². The molecule has 26 heavy (non-hydrogen) atoms. The van der Waals surface area contributed by atoms with Gasteiger partial charge >= 0.3 is 0 Å². The number of amides is 1. The van der Waals surface area contributed by atoms with Crippen molar-refractivity contribution in [3.8, 4) is 0 Å². The molecule has 2 aliphatic heterocycles. The highest BCUT2D eigenvalue weighted by molar-refractivity contribution is 7.89. The van der Waals surface area contributed by atoms with Gasteiger partial charge in [-0.15, -0.1) is 0 Å². The zero-order chi connectivity index (χ0) is 18.6. The molecule has 0 saturated carbocycles. The fourth-order valence-electron chi connectivity index (χ4n) is 3.54. The molecule has 0 spiro atoms. The molecule has 0 aromatic heterocycles. The summed E-state index contributed by atoms with van der Waals surface area (Å²) in [6, 6.07) is 6.29. The third-order valence-electron chi connectivity index (χ3n) is 5.14. The molecule has 0 radical (unpaired) electrons. The van der Waals surface area contributed by atoms with Gasteiger partial charge in [0.1, 0.15) is 0 Å². The summed E-state index contributed by atoms with van der Waals surface area (Å²) in [5.41, 5.74) is 0.481. The second-order valence-electron chi connectivity index (χ2n) is 7.22. The van der Waals surface area contributed by atoms with Crippen LogP contribution >= 0.6 is 0 Å². The average molecular weight is 381 g/mol. The standard InChI is InChI=1S/C19H28N2O4S/c1-15(6-9-17-5-4-14-25-17)20-19(22)16-7-10-18(11-8-16)26(23,24)21-12-2-3-13-21/h7-8,10-11,15,17H,2-6,9,12-14H2,1H3,(H,20,22). The first-order valence-corrected chi connectivity index (χ1v) is 10.9. The second-order valence-corrected chi connectivity index (χ2v) is 9.16. The predicted octanol–water partition coefficient (Wildman–Crippen LogP) is 2.55. The number of carbonyl (C=O) groups is 1. The molecule has 2 fully saturated rings. The van der Waals surface area contributed by atoms with Crippen LogP contribution in [0, 0.1) is 0 Å². The number of rotatable bonds is 7. The van der Waals surface area contributed by atoms with Gasteiger partial charge in [0.25, 0.3) is 5.91 Å². The lowest BCUT2D eigenvalue weighted by molar-refractivity contribution is 0.0899. The summed E-state index contributed by atoms with van der Waals surface area (Å²) in [4.78, 5) is 12.6. The zero-order valence-electron chi connectivity index (χ0n) is 15.3. The number of benzene rings is 1. The van der Waals surface area contributed by atoms with Crippen LogP contribution in [0.3, 0.4) is 0 Å². The van der Waals surface area contributed by atoms with Crippen LogP contribution in [0.1, 0.15) is 55.8 Å². The Morgan fingerprint density at radius 2 is 1.92 bits per heavy atom. The Morgan fingerprint density at radius 1 is 1.23 bits per heavy atom. The molecule has 2 atom stereocenters. The first kappa shape index (κ1) is 19.3. The largest absolute Gasteiger partial charge is 0.378 e. The third kappa shape index (κ3) is 4.64. The highest BCUT2D eigenvalue weighted by Crippen LogP contribution is 2.21. The molecule has 6 nitrogen and oxygen atoms in total. The van der Waals surface area contributed by atoms with E-state index in [2.05, 4.69) is 5.32 Å². The van der Waals surface area contributed by atoms with Gasteiger partial charge in [-0.05, 0) is 69.7 Å².